The van der Waals surface area contributed by atoms with E-state index in [0.717, 1.165) is 35.6 Å². The minimum Gasteiger partial charge on any atom is -0.421 e. The Balaban J connectivity index is 1.39. The molecule has 3 heteroatoms. The Morgan fingerprint density at radius 2 is 1.55 bits per heavy atom. The molecule has 3 nitrogen and oxygen atoms in total. The van der Waals surface area contributed by atoms with Gasteiger partial charge in [-0.3, -0.25) is 0 Å². The Bertz CT molecular complexity index is 640. The van der Waals surface area contributed by atoms with Crippen LogP contribution in [-0.2, 0) is 6.42 Å². The Kier molecular flexibility index (Phi) is 2.73. The summed E-state index contributed by atoms with van der Waals surface area (Å²) in [5, 5.41) is 8.62. The highest BCUT2D eigenvalue weighted by molar-refractivity contribution is 5.51. The van der Waals surface area contributed by atoms with Crippen molar-refractivity contribution in [3.63, 3.8) is 0 Å². The molecular formula is C19H22N2O. The van der Waals surface area contributed by atoms with Gasteiger partial charge in [0.05, 0.1) is 0 Å². The van der Waals surface area contributed by atoms with E-state index in [1.165, 1.54) is 38.5 Å². The highest BCUT2D eigenvalue weighted by Crippen LogP contribution is 2.60. The zero-order valence-electron chi connectivity index (χ0n) is 12.9. The maximum atomic E-state index is 5.99. The average molecular weight is 294 g/mol. The van der Waals surface area contributed by atoms with Crippen LogP contribution in [0.4, 0.5) is 0 Å². The van der Waals surface area contributed by atoms with Gasteiger partial charge in [0.1, 0.15) is 0 Å². The lowest BCUT2D eigenvalue weighted by molar-refractivity contribution is -0.0550. The van der Waals surface area contributed by atoms with Gasteiger partial charge < -0.3 is 4.42 Å². The van der Waals surface area contributed by atoms with E-state index >= 15 is 0 Å². The van der Waals surface area contributed by atoms with Crippen LogP contribution in [0.25, 0.3) is 11.5 Å². The largest absolute Gasteiger partial charge is 0.421 e. The second-order valence-corrected chi connectivity index (χ2v) is 7.96. The van der Waals surface area contributed by atoms with E-state index in [4.69, 9.17) is 4.42 Å². The Morgan fingerprint density at radius 3 is 2.18 bits per heavy atom. The standard InChI is InChI=1S/C19H22N2O/c1-2-4-16(5-3-1)18-21-20-17(22-18)12-19-9-13-6-14(10-19)8-15(7-13)11-19/h1-5,13-15H,6-12H2. The molecule has 114 valence electrons. The van der Waals surface area contributed by atoms with Crippen LogP contribution in [0.5, 0.6) is 0 Å². The zero-order valence-corrected chi connectivity index (χ0v) is 12.9. The molecule has 1 aromatic heterocycles. The molecule has 0 radical (unpaired) electrons. The fraction of sp³-hybridized carbons (Fsp3) is 0.579. The molecule has 0 unspecified atom stereocenters. The van der Waals surface area contributed by atoms with Gasteiger partial charge in [-0.15, -0.1) is 10.2 Å². The molecule has 4 saturated carbocycles. The third-order valence-electron chi connectivity index (χ3n) is 6.18. The quantitative estimate of drug-likeness (QED) is 0.837. The van der Waals surface area contributed by atoms with Gasteiger partial charge in [0, 0.05) is 12.0 Å². The van der Waals surface area contributed by atoms with Crippen molar-refractivity contribution in [3.05, 3.63) is 36.2 Å². The minimum absolute atomic E-state index is 0.468. The highest BCUT2D eigenvalue weighted by atomic mass is 16.4. The molecule has 0 N–H and O–H groups in total. The SMILES string of the molecule is c1ccc(-c2nnc(CC34CC5CC(CC(C5)C3)C4)o2)cc1. The Labute approximate surface area is 131 Å². The average Bonchev–Trinajstić information content (AvgIpc) is 2.94. The number of aromatic nitrogens is 2. The first-order valence-corrected chi connectivity index (χ1v) is 8.66. The third-order valence-corrected chi connectivity index (χ3v) is 6.18. The van der Waals surface area contributed by atoms with E-state index in [0.29, 0.717) is 11.3 Å². The normalized spacial score (nSPS) is 35.9. The first kappa shape index (κ1) is 12.9. The van der Waals surface area contributed by atoms with E-state index in [1.807, 2.05) is 30.3 Å². The van der Waals surface area contributed by atoms with Crippen molar-refractivity contribution in [3.8, 4) is 11.5 Å². The summed E-state index contributed by atoms with van der Waals surface area (Å²) < 4.78 is 5.99. The molecule has 22 heavy (non-hydrogen) atoms. The van der Waals surface area contributed by atoms with Crippen molar-refractivity contribution >= 4 is 0 Å². The summed E-state index contributed by atoms with van der Waals surface area (Å²) in [6.45, 7) is 0. The number of hydrogen-bond donors (Lipinski definition) is 0. The lowest BCUT2D eigenvalue weighted by Crippen LogP contribution is -2.47. The maximum absolute atomic E-state index is 5.99. The third kappa shape index (κ3) is 2.10. The predicted molar refractivity (Wildman–Crippen MR) is 84.0 cm³/mol. The van der Waals surface area contributed by atoms with Gasteiger partial charge in [0.15, 0.2) is 0 Å². The molecule has 0 amide bonds. The summed E-state index contributed by atoms with van der Waals surface area (Å²) in [4.78, 5) is 0. The second kappa shape index (κ2) is 4.68. The van der Waals surface area contributed by atoms with Crippen molar-refractivity contribution in [2.24, 2.45) is 23.2 Å². The molecule has 0 saturated heterocycles. The monoisotopic (exact) mass is 294 g/mol. The van der Waals surface area contributed by atoms with Crippen molar-refractivity contribution in [2.45, 2.75) is 44.9 Å². The first-order valence-electron chi connectivity index (χ1n) is 8.66. The van der Waals surface area contributed by atoms with E-state index in [1.54, 1.807) is 0 Å². The zero-order chi connectivity index (χ0) is 14.6. The smallest absolute Gasteiger partial charge is 0.247 e. The lowest BCUT2D eigenvalue weighted by Gasteiger charge is -2.56. The summed E-state index contributed by atoms with van der Waals surface area (Å²) in [6, 6.07) is 10.1. The van der Waals surface area contributed by atoms with Crippen molar-refractivity contribution < 1.29 is 4.42 Å². The van der Waals surface area contributed by atoms with Crippen LogP contribution < -0.4 is 0 Å². The molecule has 6 rings (SSSR count). The fourth-order valence-electron chi connectivity index (χ4n) is 5.85. The van der Waals surface area contributed by atoms with Crippen LogP contribution in [0.2, 0.25) is 0 Å². The van der Waals surface area contributed by atoms with Crippen molar-refractivity contribution in [1.82, 2.24) is 10.2 Å². The fourth-order valence-corrected chi connectivity index (χ4v) is 5.85. The van der Waals surface area contributed by atoms with E-state index in [9.17, 15) is 0 Å². The Morgan fingerprint density at radius 1 is 0.909 bits per heavy atom. The van der Waals surface area contributed by atoms with E-state index < -0.39 is 0 Å². The van der Waals surface area contributed by atoms with Crippen molar-refractivity contribution in [2.75, 3.05) is 0 Å². The molecule has 4 fully saturated rings. The van der Waals surface area contributed by atoms with Gasteiger partial charge >= 0.3 is 0 Å². The van der Waals surface area contributed by atoms with Crippen LogP contribution in [-0.4, -0.2) is 10.2 Å². The number of benzene rings is 1. The van der Waals surface area contributed by atoms with Crippen LogP contribution >= 0.6 is 0 Å². The van der Waals surface area contributed by atoms with Crippen molar-refractivity contribution in [1.29, 1.82) is 0 Å². The van der Waals surface area contributed by atoms with Gasteiger partial charge in [0.25, 0.3) is 0 Å². The van der Waals surface area contributed by atoms with Gasteiger partial charge in [-0.25, -0.2) is 0 Å². The summed E-state index contributed by atoms with van der Waals surface area (Å²) >= 11 is 0. The first-order chi connectivity index (χ1) is 10.8. The molecule has 2 aromatic rings. The van der Waals surface area contributed by atoms with Gasteiger partial charge in [-0.1, -0.05) is 18.2 Å². The summed E-state index contributed by atoms with van der Waals surface area (Å²) in [5.74, 6) is 4.44. The van der Waals surface area contributed by atoms with Gasteiger partial charge in [0.2, 0.25) is 11.8 Å². The number of rotatable bonds is 3. The number of nitrogens with zero attached hydrogens (tertiary/aromatic N) is 2. The molecule has 1 heterocycles. The molecule has 4 bridgehead atoms. The molecule has 0 atom stereocenters. The summed E-state index contributed by atoms with van der Waals surface area (Å²) in [5.41, 5.74) is 1.49. The molecule has 1 aromatic carbocycles. The number of hydrogen-bond acceptors (Lipinski definition) is 3. The molecule has 0 aliphatic heterocycles. The Hall–Kier alpha value is -1.64. The van der Waals surface area contributed by atoms with E-state index in [-0.39, 0.29) is 0 Å². The van der Waals surface area contributed by atoms with Crippen LogP contribution in [0.3, 0.4) is 0 Å². The van der Waals surface area contributed by atoms with E-state index in [2.05, 4.69) is 10.2 Å². The molecule has 0 spiro atoms. The highest BCUT2D eigenvalue weighted by Gasteiger charge is 2.51. The molecule has 4 aliphatic rings. The van der Waals surface area contributed by atoms with Gasteiger partial charge in [-0.05, 0) is 73.8 Å². The predicted octanol–water partition coefficient (Wildman–Crippen LogP) is 4.50. The van der Waals surface area contributed by atoms with Crippen LogP contribution in [0, 0.1) is 23.2 Å². The lowest BCUT2D eigenvalue weighted by atomic mass is 9.49. The summed E-state index contributed by atoms with van der Waals surface area (Å²) in [6.07, 6.45) is 9.62. The minimum atomic E-state index is 0.468. The van der Waals surface area contributed by atoms with Crippen LogP contribution in [0.15, 0.2) is 34.7 Å². The van der Waals surface area contributed by atoms with Gasteiger partial charge in [-0.2, -0.15) is 0 Å². The summed E-state index contributed by atoms with van der Waals surface area (Å²) in [7, 11) is 0. The molecular weight excluding hydrogens is 272 g/mol. The topological polar surface area (TPSA) is 38.9 Å². The maximum Gasteiger partial charge on any atom is 0.247 e. The van der Waals surface area contributed by atoms with Crippen LogP contribution in [0.1, 0.15) is 44.4 Å². The molecule has 4 aliphatic carbocycles. The second-order valence-electron chi connectivity index (χ2n) is 7.96.